The van der Waals surface area contributed by atoms with Gasteiger partial charge < -0.3 is 4.98 Å². The maximum atomic E-state index is 11.7. The predicted molar refractivity (Wildman–Crippen MR) is 60.2 cm³/mol. The van der Waals surface area contributed by atoms with Crippen molar-refractivity contribution in [3.05, 3.63) is 34.2 Å². The minimum Gasteiger partial charge on any atom is -0.306 e. The van der Waals surface area contributed by atoms with E-state index < -0.39 is 0 Å². The van der Waals surface area contributed by atoms with Crippen LogP contribution in [0.1, 0.15) is 31.2 Å². The Hall–Kier alpha value is -1.51. The van der Waals surface area contributed by atoms with Gasteiger partial charge in [0.25, 0.3) is 0 Å². The van der Waals surface area contributed by atoms with Crippen molar-refractivity contribution in [2.45, 2.75) is 32.2 Å². The van der Waals surface area contributed by atoms with Crippen LogP contribution in [0.3, 0.4) is 0 Å². The number of H-pyrrole nitrogens is 1. The van der Waals surface area contributed by atoms with Crippen LogP contribution in [-0.2, 0) is 6.54 Å². The third kappa shape index (κ3) is 1.16. The van der Waals surface area contributed by atoms with Gasteiger partial charge in [-0.05, 0) is 30.4 Å². The molecule has 0 bridgehead atoms. The summed E-state index contributed by atoms with van der Waals surface area (Å²) in [6.07, 6.45) is 2.25. The molecule has 0 saturated carbocycles. The minimum absolute atomic E-state index is 0.0338. The Morgan fingerprint density at radius 2 is 2.33 bits per heavy atom. The molecule has 0 saturated heterocycles. The molecule has 1 unspecified atom stereocenters. The number of benzene rings is 1. The SMILES string of the molecule is CC1CCCn2c(=O)[nH]c3cccc1c32. The molecule has 3 rings (SSSR count). The molecule has 15 heavy (non-hydrogen) atoms. The maximum absolute atomic E-state index is 11.7. The first-order valence-electron chi connectivity index (χ1n) is 5.49. The number of aromatic nitrogens is 2. The van der Waals surface area contributed by atoms with Gasteiger partial charge in [-0.1, -0.05) is 19.1 Å². The largest absolute Gasteiger partial charge is 0.326 e. The molecule has 1 atom stereocenters. The van der Waals surface area contributed by atoms with Gasteiger partial charge in [0.05, 0.1) is 11.0 Å². The zero-order valence-electron chi connectivity index (χ0n) is 8.79. The second-order valence-electron chi connectivity index (χ2n) is 4.37. The Morgan fingerprint density at radius 1 is 1.47 bits per heavy atom. The van der Waals surface area contributed by atoms with Gasteiger partial charge in [0.2, 0.25) is 0 Å². The van der Waals surface area contributed by atoms with Gasteiger partial charge >= 0.3 is 5.69 Å². The number of aromatic amines is 1. The van der Waals surface area contributed by atoms with Crippen molar-refractivity contribution >= 4 is 11.0 Å². The third-order valence-corrected chi connectivity index (χ3v) is 3.37. The van der Waals surface area contributed by atoms with Crippen molar-refractivity contribution < 1.29 is 0 Å². The van der Waals surface area contributed by atoms with E-state index in [0.29, 0.717) is 5.92 Å². The molecule has 1 aliphatic heterocycles. The van der Waals surface area contributed by atoms with Crippen molar-refractivity contribution in [3.63, 3.8) is 0 Å². The molecule has 0 spiro atoms. The third-order valence-electron chi connectivity index (χ3n) is 3.37. The van der Waals surface area contributed by atoms with E-state index in [4.69, 9.17) is 0 Å². The van der Waals surface area contributed by atoms with E-state index in [1.807, 2.05) is 16.7 Å². The summed E-state index contributed by atoms with van der Waals surface area (Å²) < 4.78 is 1.88. The summed E-state index contributed by atoms with van der Waals surface area (Å²) in [6, 6.07) is 6.15. The van der Waals surface area contributed by atoms with Gasteiger partial charge in [0, 0.05) is 6.54 Å². The molecule has 1 aromatic carbocycles. The zero-order valence-corrected chi connectivity index (χ0v) is 8.79. The lowest BCUT2D eigenvalue weighted by Crippen LogP contribution is -2.16. The summed E-state index contributed by atoms with van der Waals surface area (Å²) in [4.78, 5) is 14.6. The summed E-state index contributed by atoms with van der Waals surface area (Å²) in [7, 11) is 0. The van der Waals surface area contributed by atoms with Crippen LogP contribution in [-0.4, -0.2) is 9.55 Å². The fourth-order valence-electron chi connectivity index (χ4n) is 2.57. The van der Waals surface area contributed by atoms with E-state index in [9.17, 15) is 4.79 Å². The highest BCUT2D eigenvalue weighted by Crippen LogP contribution is 2.30. The van der Waals surface area contributed by atoms with Gasteiger partial charge in [-0.3, -0.25) is 4.57 Å². The average molecular weight is 202 g/mol. The molecule has 3 nitrogen and oxygen atoms in total. The van der Waals surface area contributed by atoms with Crippen LogP contribution in [0.4, 0.5) is 0 Å². The van der Waals surface area contributed by atoms with Crippen LogP contribution >= 0.6 is 0 Å². The normalized spacial score (nSPS) is 20.5. The number of nitrogens with one attached hydrogen (secondary N) is 1. The number of imidazole rings is 1. The highest BCUT2D eigenvalue weighted by atomic mass is 16.1. The molecule has 0 aliphatic carbocycles. The zero-order chi connectivity index (χ0) is 10.4. The van der Waals surface area contributed by atoms with Gasteiger partial charge in [-0.15, -0.1) is 0 Å². The molecular formula is C12H14N2O. The molecule has 78 valence electrons. The van der Waals surface area contributed by atoms with Gasteiger partial charge in [-0.2, -0.15) is 0 Å². The van der Waals surface area contributed by atoms with Gasteiger partial charge in [0.1, 0.15) is 0 Å². The first-order valence-corrected chi connectivity index (χ1v) is 5.49. The summed E-state index contributed by atoms with van der Waals surface area (Å²) >= 11 is 0. The molecule has 3 heteroatoms. The molecule has 1 aliphatic rings. The lowest BCUT2D eigenvalue weighted by Gasteiger charge is -2.08. The molecular weight excluding hydrogens is 188 g/mol. The number of hydrogen-bond donors (Lipinski definition) is 1. The second kappa shape index (κ2) is 2.99. The van der Waals surface area contributed by atoms with Crippen LogP contribution in [0.25, 0.3) is 11.0 Å². The Kier molecular flexibility index (Phi) is 1.75. The summed E-state index contributed by atoms with van der Waals surface area (Å²) in [5, 5.41) is 0. The minimum atomic E-state index is 0.0338. The Morgan fingerprint density at radius 3 is 3.20 bits per heavy atom. The number of aryl methyl sites for hydroxylation is 1. The van der Waals surface area contributed by atoms with E-state index in [-0.39, 0.29) is 5.69 Å². The van der Waals surface area contributed by atoms with Crippen LogP contribution < -0.4 is 5.69 Å². The Bertz CT molecular complexity index is 564. The summed E-state index contributed by atoms with van der Waals surface area (Å²) in [5.41, 5.74) is 3.44. The highest BCUT2D eigenvalue weighted by molar-refractivity contribution is 5.79. The summed E-state index contributed by atoms with van der Waals surface area (Å²) in [6.45, 7) is 3.09. The Labute approximate surface area is 87.7 Å². The van der Waals surface area contributed by atoms with Crippen molar-refractivity contribution in [1.29, 1.82) is 0 Å². The topological polar surface area (TPSA) is 37.8 Å². The quantitative estimate of drug-likeness (QED) is 0.699. The predicted octanol–water partition coefficient (Wildman–Crippen LogP) is 2.23. The van der Waals surface area contributed by atoms with E-state index in [1.54, 1.807) is 0 Å². The van der Waals surface area contributed by atoms with Crippen molar-refractivity contribution in [2.24, 2.45) is 0 Å². The van der Waals surface area contributed by atoms with E-state index in [1.165, 1.54) is 12.0 Å². The molecule has 0 radical (unpaired) electrons. The molecule has 1 N–H and O–H groups in total. The molecule has 0 fully saturated rings. The first-order chi connectivity index (χ1) is 7.27. The monoisotopic (exact) mass is 202 g/mol. The molecule has 2 heterocycles. The number of para-hydroxylation sites is 1. The van der Waals surface area contributed by atoms with Crippen LogP contribution in [0.5, 0.6) is 0 Å². The molecule has 2 aromatic rings. The highest BCUT2D eigenvalue weighted by Gasteiger charge is 2.18. The van der Waals surface area contributed by atoms with Crippen LogP contribution in [0.15, 0.2) is 23.0 Å². The molecule has 0 amide bonds. The van der Waals surface area contributed by atoms with Gasteiger partial charge in [-0.25, -0.2) is 4.79 Å². The Balaban J connectivity index is 2.47. The van der Waals surface area contributed by atoms with Crippen LogP contribution in [0, 0.1) is 0 Å². The van der Waals surface area contributed by atoms with Crippen molar-refractivity contribution in [3.8, 4) is 0 Å². The standard InChI is InChI=1S/C12H14N2O/c1-8-4-3-7-14-11-9(8)5-2-6-10(11)13-12(14)15/h2,5-6,8H,3-4,7H2,1H3,(H,13,15). The van der Waals surface area contributed by atoms with Gasteiger partial charge in [0.15, 0.2) is 0 Å². The van der Waals surface area contributed by atoms with Crippen LogP contribution in [0.2, 0.25) is 0 Å². The smallest absolute Gasteiger partial charge is 0.306 e. The second-order valence-corrected chi connectivity index (χ2v) is 4.37. The number of nitrogens with zero attached hydrogens (tertiary/aromatic N) is 1. The average Bonchev–Trinajstić information content (AvgIpc) is 2.43. The van der Waals surface area contributed by atoms with E-state index in [0.717, 1.165) is 24.0 Å². The first kappa shape index (κ1) is 8.77. The molecule has 1 aromatic heterocycles. The summed E-state index contributed by atoms with van der Waals surface area (Å²) in [5.74, 6) is 0.553. The fourth-order valence-corrected chi connectivity index (χ4v) is 2.57. The number of rotatable bonds is 0. The maximum Gasteiger partial charge on any atom is 0.326 e. The lowest BCUT2D eigenvalue weighted by atomic mass is 9.96. The lowest BCUT2D eigenvalue weighted by molar-refractivity contribution is 0.585. The van der Waals surface area contributed by atoms with Crippen molar-refractivity contribution in [1.82, 2.24) is 9.55 Å². The van der Waals surface area contributed by atoms with E-state index in [2.05, 4.69) is 18.0 Å². The number of hydrogen-bond acceptors (Lipinski definition) is 1. The fraction of sp³-hybridized carbons (Fsp3) is 0.417. The van der Waals surface area contributed by atoms with Crippen molar-refractivity contribution in [2.75, 3.05) is 0 Å². The van der Waals surface area contributed by atoms with E-state index >= 15 is 0 Å².